The summed E-state index contributed by atoms with van der Waals surface area (Å²) in [5.74, 6) is 0.455. The van der Waals surface area contributed by atoms with Crippen LogP contribution in [0.15, 0.2) is 67.3 Å². The number of halogens is 1. The van der Waals surface area contributed by atoms with Gasteiger partial charge in [0.05, 0.1) is 7.05 Å². The molecule has 0 aliphatic rings. The summed E-state index contributed by atoms with van der Waals surface area (Å²) >= 11 is 5.62. The minimum Gasteiger partial charge on any atom is -0.315 e. The zero-order chi connectivity index (χ0) is 18.5. The van der Waals surface area contributed by atoms with E-state index in [4.69, 9.17) is 17.3 Å². The maximum Gasteiger partial charge on any atom is 0.203 e. The van der Waals surface area contributed by atoms with Gasteiger partial charge in [0.2, 0.25) is 4.77 Å². The Morgan fingerprint density at radius 2 is 1.85 bits per heavy atom. The van der Waals surface area contributed by atoms with Crippen LogP contribution in [-0.4, -0.2) is 21.4 Å². The number of quaternary nitrogens is 1. The molecule has 2 aromatic carbocycles. The zero-order valence-electron chi connectivity index (χ0n) is 14.7. The van der Waals surface area contributed by atoms with Crippen LogP contribution in [0.4, 0.5) is 4.39 Å². The lowest BCUT2D eigenvalue weighted by Crippen LogP contribution is -3.07. The SMILES string of the molecule is C=CCn1c(-c2ccc(F)cc2)nn(C[NH+](C)Cc2ccccc2)c1=S. The van der Waals surface area contributed by atoms with Crippen LogP contribution in [0, 0.1) is 10.6 Å². The standard InChI is InChI=1S/C20H21FN4S/c1-3-13-24-19(17-9-11-18(21)12-10-17)22-25(20(24)26)15-23(2)14-16-7-5-4-6-8-16/h3-12H,1,13-15H2,2H3/p+1. The van der Waals surface area contributed by atoms with Crippen LogP contribution < -0.4 is 4.90 Å². The highest BCUT2D eigenvalue weighted by Gasteiger charge is 2.15. The van der Waals surface area contributed by atoms with Gasteiger partial charge in [-0.15, -0.1) is 11.7 Å². The van der Waals surface area contributed by atoms with E-state index in [-0.39, 0.29) is 5.82 Å². The van der Waals surface area contributed by atoms with E-state index in [1.54, 1.807) is 18.2 Å². The largest absolute Gasteiger partial charge is 0.315 e. The third-order valence-electron chi connectivity index (χ3n) is 4.11. The molecular formula is C20H22FN4S+. The number of nitrogens with zero attached hydrogens (tertiary/aromatic N) is 3. The molecule has 1 heterocycles. The topological polar surface area (TPSA) is 27.2 Å². The number of hydrogen-bond donors (Lipinski definition) is 1. The summed E-state index contributed by atoms with van der Waals surface area (Å²) in [6, 6.07) is 16.6. The van der Waals surface area contributed by atoms with Crippen LogP contribution in [-0.2, 0) is 19.8 Å². The van der Waals surface area contributed by atoms with Crippen molar-refractivity contribution in [1.29, 1.82) is 0 Å². The molecule has 0 aliphatic heterocycles. The molecule has 4 nitrogen and oxygen atoms in total. The third kappa shape index (κ3) is 4.15. The minimum absolute atomic E-state index is 0.269. The first-order valence-electron chi connectivity index (χ1n) is 8.48. The average molecular weight is 369 g/mol. The maximum atomic E-state index is 13.2. The summed E-state index contributed by atoms with van der Waals surface area (Å²) in [6.07, 6.45) is 1.79. The van der Waals surface area contributed by atoms with E-state index in [1.165, 1.54) is 22.6 Å². The lowest BCUT2D eigenvalue weighted by atomic mass is 10.2. The number of aromatic nitrogens is 3. The molecule has 1 aromatic heterocycles. The Balaban J connectivity index is 1.87. The fraction of sp³-hybridized carbons (Fsp3) is 0.200. The van der Waals surface area contributed by atoms with Crippen molar-refractivity contribution in [2.24, 2.45) is 0 Å². The summed E-state index contributed by atoms with van der Waals surface area (Å²) in [7, 11) is 2.11. The second-order valence-electron chi connectivity index (χ2n) is 6.29. The smallest absolute Gasteiger partial charge is 0.203 e. The molecule has 0 amide bonds. The Labute approximate surface area is 157 Å². The van der Waals surface area contributed by atoms with E-state index in [0.717, 1.165) is 17.9 Å². The first-order chi connectivity index (χ1) is 12.6. The second kappa shape index (κ2) is 8.21. The highest BCUT2D eigenvalue weighted by molar-refractivity contribution is 7.71. The predicted octanol–water partition coefficient (Wildman–Crippen LogP) is 3.08. The van der Waals surface area contributed by atoms with Gasteiger partial charge >= 0.3 is 0 Å². The zero-order valence-corrected chi connectivity index (χ0v) is 15.5. The summed E-state index contributed by atoms with van der Waals surface area (Å²) < 4.78 is 17.6. The number of nitrogens with one attached hydrogen (secondary N) is 1. The molecular weight excluding hydrogens is 347 g/mol. The molecule has 0 bridgehead atoms. The Morgan fingerprint density at radius 1 is 1.15 bits per heavy atom. The molecule has 0 saturated heterocycles. The van der Waals surface area contributed by atoms with Crippen molar-refractivity contribution >= 4 is 12.2 Å². The molecule has 0 aliphatic carbocycles. The molecule has 0 spiro atoms. The molecule has 0 radical (unpaired) electrons. The first-order valence-corrected chi connectivity index (χ1v) is 8.89. The van der Waals surface area contributed by atoms with Gasteiger partial charge in [0.25, 0.3) is 0 Å². The normalized spacial score (nSPS) is 12.1. The summed E-state index contributed by atoms with van der Waals surface area (Å²) in [4.78, 5) is 1.27. The Morgan fingerprint density at radius 3 is 2.50 bits per heavy atom. The molecule has 3 aromatic rings. The van der Waals surface area contributed by atoms with Crippen LogP contribution in [0.1, 0.15) is 5.56 Å². The molecule has 3 rings (SSSR count). The molecule has 134 valence electrons. The van der Waals surface area contributed by atoms with Gasteiger partial charge in [-0.2, -0.15) is 4.68 Å². The maximum absolute atomic E-state index is 13.2. The second-order valence-corrected chi connectivity index (χ2v) is 6.65. The van der Waals surface area contributed by atoms with Gasteiger partial charge in [0, 0.05) is 17.7 Å². The van der Waals surface area contributed by atoms with Crippen molar-refractivity contribution in [3.05, 3.63) is 83.4 Å². The molecule has 26 heavy (non-hydrogen) atoms. The predicted molar refractivity (Wildman–Crippen MR) is 104 cm³/mol. The molecule has 1 N–H and O–H groups in total. The van der Waals surface area contributed by atoms with Gasteiger partial charge in [0.15, 0.2) is 12.5 Å². The van der Waals surface area contributed by atoms with Crippen molar-refractivity contribution in [1.82, 2.24) is 14.3 Å². The van der Waals surface area contributed by atoms with Crippen molar-refractivity contribution in [3.8, 4) is 11.4 Å². The van der Waals surface area contributed by atoms with E-state index in [0.29, 0.717) is 18.0 Å². The average Bonchev–Trinajstić information content (AvgIpc) is 2.93. The third-order valence-corrected chi connectivity index (χ3v) is 4.54. The summed E-state index contributed by atoms with van der Waals surface area (Å²) in [5.41, 5.74) is 2.10. The van der Waals surface area contributed by atoms with Gasteiger partial charge in [-0.25, -0.2) is 4.39 Å². The van der Waals surface area contributed by atoms with E-state index in [1.807, 2.05) is 27.4 Å². The van der Waals surface area contributed by atoms with Crippen LogP contribution >= 0.6 is 12.2 Å². The monoisotopic (exact) mass is 369 g/mol. The molecule has 1 atom stereocenters. The number of rotatable bonds is 7. The van der Waals surface area contributed by atoms with Crippen LogP contribution in [0.2, 0.25) is 0 Å². The van der Waals surface area contributed by atoms with Gasteiger partial charge in [-0.1, -0.05) is 36.4 Å². The van der Waals surface area contributed by atoms with Gasteiger partial charge in [-0.05, 0) is 36.5 Å². The summed E-state index contributed by atoms with van der Waals surface area (Å²) in [6.45, 7) is 5.88. The molecule has 0 saturated carbocycles. The van der Waals surface area contributed by atoms with E-state index < -0.39 is 0 Å². The molecule has 6 heteroatoms. The highest BCUT2D eigenvalue weighted by Crippen LogP contribution is 2.18. The molecule has 0 fully saturated rings. The van der Waals surface area contributed by atoms with Crippen molar-refractivity contribution in [2.45, 2.75) is 19.8 Å². The number of benzene rings is 2. The lowest BCUT2D eigenvalue weighted by Gasteiger charge is -2.13. The Hall–Kier alpha value is -2.57. The van der Waals surface area contributed by atoms with Crippen molar-refractivity contribution in [3.63, 3.8) is 0 Å². The Kier molecular flexibility index (Phi) is 5.75. The number of hydrogen-bond acceptors (Lipinski definition) is 2. The van der Waals surface area contributed by atoms with Crippen LogP contribution in [0.3, 0.4) is 0 Å². The van der Waals surface area contributed by atoms with Crippen molar-refractivity contribution < 1.29 is 9.29 Å². The fourth-order valence-electron chi connectivity index (χ4n) is 2.91. The van der Waals surface area contributed by atoms with Gasteiger partial charge in [-0.3, -0.25) is 4.57 Å². The minimum atomic E-state index is -0.269. The van der Waals surface area contributed by atoms with Crippen LogP contribution in [0.25, 0.3) is 11.4 Å². The van der Waals surface area contributed by atoms with E-state index in [2.05, 4.69) is 25.8 Å². The lowest BCUT2D eigenvalue weighted by molar-refractivity contribution is -0.917. The van der Waals surface area contributed by atoms with E-state index >= 15 is 0 Å². The van der Waals surface area contributed by atoms with Gasteiger partial charge < -0.3 is 4.90 Å². The van der Waals surface area contributed by atoms with Gasteiger partial charge in [0.1, 0.15) is 12.4 Å². The van der Waals surface area contributed by atoms with Crippen LogP contribution in [0.5, 0.6) is 0 Å². The molecule has 1 unspecified atom stereocenters. The van der Waals surface area contributed by atoms with Crippen molar-refractivity contribution in [2.75, 3.05) is 7.05 Å². The first kappa shape index (κ1) is 18.2. The summed E-state index contributed by atoms with van der Waals surface area (Å²) in [5, 5.41) is 4.69. The Bertz CT molecular complexity index is 929. The fourth-order valence-corrected chi connectivity index (χ4v) is 3.17. The quantitative estimate of drug-likeness (QED) is 0.512. The van der Waals surface area contributed by atoms with E-state index in [9.17, 15) is 4.39 Å². The number of allylic oxidation sites excluding steroid dienone is 1. The highest BCUT2D eigenvalue weighted by atomic mass is 32.1.